The molecule has 0 unspecified atom stereocenters. The highest BCUT2D eigenvalue weighted by Crippen LogP contribution is 2.33. The van der Waals surface area contributed by atoms with Crippen LogP contribution in [0.2, 0.25) is 0 Å². The molecule has 0 amide bonds. The van der Waals surface area contributed by atoms with Gasteiger partial charge in [-0.1, -0.05) is 0 Å². The first-order valence-electron chi connectivity index (χ1n) is 2.61. The summed E-state index contributed by atoms with van der Waals surface area (Å²) in [5, 5.41) is 1.83. The van der Waals surface area contributed by atoms with E-state index in [-0.39, 0.29) is 0 Å². The van der Waals surface area contributed by atoms with E-state index in [0.717, 1.165) is 19.4 Å². The Hall–Kier alpha value is -0.260. The van der Waals surface area contributed by atoms with Crippen molar-refractivity contribution in [1.29, 1.82) is 0 Å². The number of nitrogens with zero attached hydrogens (tertiary/aromatic N) is 1. The fraction of sp³-hybridized carbons (Fsp3) is 0. The van der Waals surface area contributed by atoms with Crippen LogP contribution in [-0.4, -0.2) is 4.37 Å². The summed E-state index contributed by atoms with van der Waals surface area (Å²) in [4.78, 5) is 0.993. The fourth-order valence-corrected chi connectivity index (χ4v) is 2.65. The first-order valence-corrected chi connectivity index (χ1v) is 4.65. The Kier molecular flexibility index (Phi) is 1.36. The summed E-state index contributed by atoms with van der Waals surface area (Å²) in [6.45, 7) is 0. The van der Waals surface area contributed by atoms with Gasteiger partial charge in [-0.15, -0.1) is 24.0 Å². The van der Waals surface area contributed by atoms with Gasteiger partial charge in [0.05, 0.1) is 4.21 Å². The second-order valence-corrected chi connectivity index (χ2v) is 4.47. The molecule has 0 saturated heterocycles. The molecule has 10 heavy (non-hydrogen) atoms. The van der Waals surface area contributed by atoms with Gasteiger partial charge in [0.2, 0.25) is 0 Å². The summed E-state index contributed by atoms with van der Waals surface area (Å²) in [5.74, 6) is 0. The summed E-state index contributed by atoms with van der Waals surface area (Å²) < 4.78 is 5.09. The van der Waals surface area contributed by atoms with Crippen LogP contribution < -0.4 is 5.73 Å². The third-order valence-electron chi connectivity index (χ3n) is 1.19. The number of rotatable bonds is 0. The molecule has 0 atom stereocenters. The predicted octanol–water partition coefficient (Wildman–Crippen LogP) is 2.23. The third-order valence-corrected chi connectivity index (χ3v) is 3.23. The van der Waals surface area contributed by atoms with Crippen molar-refractivity contribution in [3.63, 3.8) is 0 Å². The van der Waals surface area contributed by atoms with E-state index in [9.17, 15) is 0 Å². The highest BCUT2D eigenvalue weighted by molar-refractivity contribution is 7.83. The van der Waals surface area contributed by atoms with Crippen LogP contribution in [0.15, 0.2) is 10.3 Å². The van der Waals surface area contributed by atoms with Crippen LogP contribution in [-0.2, 0) is 0 Å². The molecule has 0 aromatic carbocycles. The molecule has 0 aliphatic rings. The zero-order chi connectivity index (χ0) is 7.14. The monoisotopic (exact) mass is 188 g/mol. The van der Waals surface area contributed by atoms with Crippen molar-refractivity contribution in [2.24, 2.45) is 0 Å². The van der Waals surface area contributed by atoms with Gasteiger partial charge in [0.1, 0.15) is 9.83 Å². The number of hydrogen-bond acceptors (Lipinski definition) is 5. The van der Waals surface area contributed by atoms with Crippen LogP contribution in [0.5, 0.6) is 0 Å². The molecule has 2 nitrogen and oxygen atoms in total. The minimum Gasteiger partial charge on any atom is -0.389 e. The summed E-state index contributed by atoms with van der Waals surface area (Å²) in [6.07, 6.45) is 0. The van der Waals surface area contributed by atoms with E-state index in [2.05, 4.69) is 17.0 Å². The molecule has 2 rings (SSSR count). The van der Waals surface area contributed by atoms with Crippen LogP contribution in [0.4, 0.5) is 5.00 Å². The second kappa shape index (κ2) is 2.11. The number of thiol groups is 1. The van der Waals surface area contributed by atoms with Crippen molar-refractivity contribution in [2.75, 3.05) is 5.73 Å². The largest absolute Gasteiger partial charge is 0.389 e. The minimum absolute atomic E-state index is 0.784. The molecular weight excluding hydrogens is 184 g/mol. The second-order valence-electron chi connectivity index (χ2n) is 1.85. The van der Waals surface area contributed by atoms with Gasteiger partial charge >= 0.3 is 0 Å². The van der Waals surface area contributed by atoms with E-state index in [4.69, 9.17) is 5.73 Å². The molecule has 0 aliphatic heterocycles. The third kappa shape index (κ3) is 0.817. The van der Waals surface area contributed by atoms with E-state index >= 15 is 0 Å². The summed E-state index contributed by atoms with van der Waals surface area (Å²) in [7, 11) is 0. The van der Waals surface area contributed by atoms with Crippen LogP contribution >= 0.6 is 35.5 Å². The molecule has 2 aromatic rings. The van der Waals surface area contributed by atoms with Gasteiger partial charge in [-0.25, -0.2) is 0 Å². The number of nitrogens with two attached hydrogens (primary N) is 1. The van der Waals surface area contributed by atoms with Gasteiger partial charge in [0.15, 0.2) is 0 Å². The fourth-order valence-electron chi connectivity index (χ4n) is 0.753. The maximum atomic E-state index is 5.62. The Morgan fingerprint density at radius 2 is 2.40 bits per heavy atom. The average Bonchev–Trinajstić information content (AvgIpc) is 2.35. The van der Waals surface area contributed by atoms with E-state index in [1.165, 1.54) is 11.5 Å². The molecular formula is C5H4N2S3. The molecule has 5 heteroatoms. The molecule has 2 heterocycles. The number of aromatic nitrogens is 1. The number of thiophene rings is 1. The van der Waals surface area contributed by atoms with Gasteiger partial charge in [-0.3, -0.25) is 0 Å². The molecule has 0 radical (unpaired) electrons. The predicted molar refractivity (Wildman–Crippen MR) is 49.2 cm³/mol. The quantitative estimate of drug-likeness (QED) is 0.622. The van der Waals surface area contributed by atoms with Crippen molar-refractivity contribution in [1.82, 2.24) is 4.37 Å². The summed E-state index contributed by atoms with van der Waals surface area (Å²) >= 11 is 7.08. The maximum absolute atomic E-state index is 5.62. The van der Waals surface area contributed by atoms with E-state index in [1.807, 2.05) is 6.07 Å². The van der Waals surface area contributed by atoms with Gasteiger partial charge in [-0.05, 0) is 17.6 Å². The summed E-state index contributed by atoms with van der Waals surface area (Å²) in [5.41, 5.74) is 5.62. The topological polar surface area (TPSA) is 38.9 Å². The Morgan fingerprint density at radius 1 is 1.60 bits per heavy atom. The maximum Gasteiger partial charge on any atom is 0.140 e. The zero-order valence-electron chi connectivity index (χ0n) is 4.87. The summed E-state index contributed by atoms with van der Waals surface area (Å²) in [6, 6.07) is 1.95. The Morgan fingerprint density at radius 3 is 3.10 bits per heavy atom. The van der Waals surface area contributed by atoms with Crippen LogP contribution in [0.3, 0.4) is 0 Å². The normalized spacial score (nSPS) is 10.9. The standard InChI is InChI=1S/C5H4N2S3/c6-4-2-1-3(8)9-5(2)7-10-4/h1,8H,6H2. The lowest BCUT2D eigenvalue weighted by molar-refractivity contribution is 1.76. The molecule has 0 aliphatic carbocycles. The van der Waals surface area contributed by atoms with Gasteiger partial charge < -0.3 is 5.73 Å². The van der Waals surface area contributed by atoms with Gasteiger partial charge in [-0.2, -0.15) is 4.37 Å². The lowest BCUT2D eigenvalue weighted by atomic mass is 10.4. The number of anilines is 1. The van der Waals surface area contributed by atoms with Crippen molar-refractivity contribution < 1.29 is 0 Å². The van der Waals surface area contributed by atoms with Crippen LogP contribution in [0, 0.1) is 0 Å². The zero-order valence-corrected chi connectivity index (χ0v) is 7.39. The Bertz CT molecular complexity index is 362. The molecule has 2 aromatic heterocycles. The molecule has 0 fully saturated rings. The number of hydrogen-bond donors (Lipinski definition) is 2. The molecule has 0 saturated carbocycles. The Labute approximate surface area is 71.2 Å². The van der Waals surface area contributed by atoms with Crippen molar-refractivity contribution in [3.05, 3.63) is 6.07 Å². The Balaban J connectivity index is 2.90. The minimum atomic E-state index is 0.784. The average molecular weight is 188 g/mol. The lowest BCUT2D eigenvalue weighted by Gasteiger charge is -1.76. The van der Waals surface area contributed by atoms with E-state index < -0.39 is 0 Å². The van der Waals surface area contributed by atoms with Crippen molar-refractivity contribution in [3.8, 4) is 0 Å². The van der Waals surface area contributed by atoms with Gasteiger partial charge in [0, 0.05) is 5.39 Å². The van der Waals surface area contributed by atoms with Crippen molar-refractivity contribution in [2.45, 2.75) is 4.21 Å². The lowest BCUT2D eigenvalue weighted by Crippen LogP contribution is -1.75. The number of fused-ring (bicyclic) bond motifs is 1. The van der Waals surface area contributed by atoms with Crippen LogP contribution in [0.1, 0.15) is 0 Å². The highest BCUT2D eigenvalue weighted by Gasteiger charge is 2.04. The van der Waals surface area contributed by atoms with Crippen molar-refractivity contribution >= 4 is 50.7 Å². The molecule has 52 valence electrons. The number of nitrogen functional groups attached to an aromatic ring is 1. The smallest absolute Gasteiger partial charge is 0.140 e. The van der Waals surface area contributed by atoms with E-state index in [0.29, 0.717) is 0 Å². The first kappa shape index (κ1) is 6.45. The molecule has 2 N–H and O–H groups in total. The first-order chi connectivity index (χ1) is 4.77. The highest BCUT2D eigenvalue weighted by atomic mass is 32.2. The SMILES string of the molecule is Nc1snc2sc(S)cc12. The molecule has 0 spiro atoms. The van der Waals surface area contributed by atoms with E-state index in [1.54, 1.807) is 11.3 Å². The van der Waals surface area contributed by atoms with Crippen LogP contribution in [0.25, 0.3) is 10.2 Å². The molecule has 0 bridgehead atoms. The van der Waals surface area contributed by atoms with Gasteiger partial charge in [0.25, 0.3) is 0 Å².